The third-order valence-electron chi connectivity index (χ3n) is 8.16. The molecule has 0 amide bonds. The van der Waals surface area contributed by atoms with Gasteiger partial charge in [0, 0.05) is 6.61 Å². The number of fused-ring (bicyclic) bond motifs is 1. The minimum atomic E-state index is -0.151. The first-order valence-corrected chi connectivity index (χ1v) is 13.3. The highest BCUT2D eigenvalue weighted by atomic mass is 19.1. The van der Waals surface area contributed by atoms with Gasteiger partial charge in [0.25, 0.3) is 0 Å². The molecule has 2 fully saturated rings. The van der Waals surface area contributed by atoms with E-state index in [1.165, 1.54) is 64.2 Å². The van der Waals surface area contributed by atoms with Gasteiger partial charge in [-0.2, -0.15) is 0 Å². The Bertz CT molecular complexity index is 686. The highest BCUT2D eigenvalue weighted by Gasteiger charge is 2.33. The van der Waals surface area contributed by atoms with Crippen LogP contribution in [-0.4, -0.2) is 18.8 Å². The van der Waals surface area contributed by atoms with Gasteiger partial charge in [0.2, 0.25) is 0 Å². The van der Waals surface area contributed by atoms with Crippen LogP contribution in [0.1, 0.15) is 102 Å². The van der Waals surface area contributed by atoms with E-state index in [1.54, 1.807) is 6.07 Å². The molecule has 1 unspecified atom stereocenters. The van der Waals surface area contributed by atoms with Crippen LogP contribution in [0, 0.1) is 23.6 Å². The topological polar surface area (TPSA) is 18.5 Å². The molecule has 2 nitrogen and oxygen atoms in total. The highest BCUT2D eigenvalue weighted by molar-refractivity contribution is 5.40. The maximum absolute atomic E-state index is 14.7. The van der Waals surface area contributed by atoms with Crippen molar-refractivity contribution in [1.82, 2.24) is 0 Å². The monoisotopic (exact) mass is 430 g/mol. The van der Waals surface area contributed by atoms with E-state index in [0.29, 0.717) is 23.7 Å². The molecule has 0 radical (unpaired) electrons. The van der Waals surface area contributed by atoms with Gasteiger partial charge in [-0.1, -0.05) is 39.2 Å². The zero-order valence-corrected chi connectivity index (χ0v) is 19.8. The first kappa shape index (κ1) is 23.1. The van der Waals surface area contributed by atoms with Crippen LogP contribution in [0.5, 0.6) is 5.75 Å². The van der Waals surface area contributed by atoms with E-state index in [-0.39, 0.29) is 11.9 Å². The summed E-state index contributed by atoms with van der Waals surface area (Å²) in [6, 6.07) is 3.86. The van der Waals surface area contributed by atoms with Gasteiger partial charge in [0.15, 0.2) is 11.6 Å². The van der Waals surface area contributed by atoms with Crippen LogP contribution in [0.25, 0.3) is 0 Å². The molecular weight excluding hydrogens is 387 g/mol. The Morgan fingerprint density at radius 3 is 2.35 bits per heavy atom. The summed E-state index contributed by atoms with van der Waals surface area (Å²) in [5, 5.41) is 0. The van der Waals surface area contributed by atoms with Crippen molar-refractivity contribution in [1.29, 1.82) is 0 Å². The fourth-order valence-corrected chi connectivity index (χ4v) is 6.30. The van der Waals surface area contributed by atoms with E-state index in [4.69, 9.17) is 9.47 Å². The van der Waals surface area contributed by atoms with Gasteiger partial charge in [0.1, 0.15) is 6.10 Å². The van der Waals surface area contributed by atoms with E-state index in [1.807, 2.05) is 0 Å². The van der Waals surface area contributed by atoms with E-state index in [9.17, 15) is 4.39 Å². The minimum absolute atomic E-state index is 0.151. The van der Waals surface area contributed by atoms with Gasteiger partial charge >= 0.3 is 0 Å². The second-order valence-corrected chi connectivity index (χ2v) is 10.6. The summed E-state index contributed by atoms with van der Waals surface area (Å²) >= 11 is 0. The summed E-state index contributed by atoms with van der Waals surface area (Å²) in [5.41, 5.74) is 2.19. The molecule has 0 spiro atoms. The lowest BCUT2D eigenvalue weighted by molar-refractivity contribution is -0.0161. The maximum Gasteiger partial charge on any atom is 0.165 e. The fraction of sp³-hybridized carbons (Fsp3) is 0.786. The second-order valence-electron chi connectivity index (χ2n) is 10.6. The number of rotatable bonds is 8. The van der Waals surface area contributed by atoms with Crippen LogP contribution < -0.4 is 4.74 Å². The smallest absolute Gasteiger partial charge is 0.165 e. The van der Waals surface area contributed by atoms with Crippen molar-refractivity contribution >= 4 is 0 Å². The minimum Gasteiger partial charge on any atom is -0.487 e. The summed E-state index contributed by atoms with van der Waals surface area (Å²) < 4.78 is 27.3. The molecule has 2 aliphatic carbocycles. The van der Waals surface area contributed by atoms with Crippen molar-refractivity contribution in [3.63, 3.8) is 0 Å². The normalized spacial score (nSPS) is 31.1. The molecule has 1 heterocycles. The molecular formula is C28H43FO2. The van der Waals surface area contributed by atoms with Crippen molar-refractivity contribution in [2.45, 2.75) is 116 Å². The van der Waals surface area contributed by atoms with Crippen LogP contribution >= 0.6 is 0 Å². The van der Waals surface area contributed by atoms with Gasteiger partial charge in [0.05, 0.1) is 6.10 Å². The van der Waals surface area contributed by atoms with E-state index < -0.39 is 0 Å². The average Bonchev–Trinajstić information content (AvgIpc) is 2.79. The number of benzene rings is 1. The third kappa shape index (κ3) is 6.03. The Labute approximate surface area is 189 Å². The summed E-state index contributed by atoms with van der Waals surface area (Å²) in [4.78, 5) is 0. The van der Waals surface area contributed by atoms with Gasteiger partial charge in [-0.3, -0.25) is 0 Å². The van der Waals surface area contributed by atoms with Crippen LogP contribution in [0.2, 0.25) is 0 Å². The predicted octanol–water partition coefficient (Wildman–Crippen LogP) is 7.65. The Balaban J connectivity index is 1.20. The first-order valence-electron chi connectivity index (χ1n) is 13.3. The zero-order valence-electron chi connectivity index (χ0n) is 19.8. The van der Waals surface area contributed by atoms with Crippen molar-refractivity contribution in [2.75, 3.05) is 6.61 Å². The van der Waals surface area contributed by atoms with Gasteiger partial charge in [-0.15, -0.1) is 0 Å². The first-order chi connectivity index (χ1) is 15.2. The molecule has 0 aromatic heterocycles. The number of aryl methyl sites for hydroxylation is 2. The highest BCUT2D eigenvalue weighted by Crippen LogP contribution is 2.39. The summed E-state index contributed by atoms with van der Waals surface area (Å²) in [6.07, 6.45) is 17.5. The van der Waals surface area contributed by atoms with Crippen molar-refractivity contribution in [3.8, 4) is 5.75 Å². The number of hydrogen-bond acceptors (Lipinski definition) is 2. The molecule has 174 valence electrons. The standard InChI is InChI=1S/C28H43FO2/c1-3-5-20-9-14-25(15-10-20)30-19-21-7-11-23(12-8-21)27-16-13-24-17-22(6-4-2)18-26(29)28(24)31-27/h17-18,20-21,23,25,27H,3-16,19H2,1-2H3. The molecule has 1 aromatic rings. The fourth-order valence-electron chi connectivity index (χ4n) is 6.30. The maximum atomic E-state index is 14.7. The van der Waals surface area contributed by atoms with Crippen molar-refractivity contribution < 1.29 is 13.9 Å². The van der Waals surface area contributed by atoms with Crippen LogP contribution in [0.4, 0.5) is 4.39 Å². The lowest BCUT2D eigenvalue weighted by Gasteiger charge is -2.37. The predicted molar refractivity (Wildman–Crippen MR) is 125 cm³/mol. The molecule has 2 saturated carbocycles. The molecule has 3 heteroatoms. The largest absolute Gasteiger partial charge is 0.487 e. The lowest BCUT2D eigenvalue weighted by Crippen LogP contribution is -2.35. The Hall–Kier alpha value is -1.09. The van der Waals surface area contributed by atoms with E-state index in [0.717, 1.165) is 49.3 Å². The SMILES string of the molecule is CCCc1cc(F)c2c(c1)CCC(C1CCC(COC3CCC(CCC)CC3)CC1)O2. The number of halogens is 1. The molecule has 4 rings (SSSR count). The number of hydrogen-bond donors (Lipinski definition) is 0. The Kier molecular flexibility index (Phi) is 8.31. The Morgan fingerprint density at radius 2 is 1.65 bits per heavy atom. The quantitative estimate of drug-likeness (QED) is 0.421. The van der Waals surface area contributed by atoms with E-state index in [2.05, 4.69) is 19.9 Å². The van der Waals surface area contributed by atoms with Gasteiger partial charge in [-0.25, -0.2) is 4.39 Å². The van der Waals surface area contributed by atoms with Crippen LogP contribution in [-0.2, 0) is 17.6 Å². The molecule has 0 N–H and O–H groups in total. The molecule has 1 aromatic carbocycles. The lowest BCUT2D eigenvalue weighted by atomic mass is 9.77. The Morgan fingerprint density at radius 1 is 0.903 bits per heavy atom. The second kappa shape index (κ2) is 11.2. The molecule has 1 atom stereocenters. The molecule has 3 aliphatic rings. The van der Waals surface area contributed by atoms with Gasteiger partial charge < -0.3 is 9.47 Å². The summed E-state index contributed by atoms with van der Waals surface area (Å²) in [7, 11) is 0. The zero-order chi connectivity index (χ0) is 21.6. The van der Waals surface area contributed by atoms with Gasteiger partial charge in [-0.05, 0) is 106 Å². The summed E-state index contributed by atoms with van der Waals surface area (Å²) in [5.74, 6) is 2.61. The molecule has 31 heavy (non-hydrogen) atoms. The molecule has 0 saturated heterocycles. The molecule has 0 bridgehead atoms. The van der Waals surface area contributed by atoms with E-state index >= 15 is 0 Å². The van der Waals surface area contributed by atoms with Crippen LogP contribution in [0.3, 0.4) is 0 Å². The third-order valence-corrected chi connectivity index (χ3v) is 8.16. The molecule has 1 aliphatic heterocycles. The van der Waals surface area contributed by atoms with Crippen molar-refractivity contribution in [3.05, 3.63) is 29.1 Å². The van der Waals surface area contributed by atoms with Crippen LogP contribution in [0.15, 0.2) is 12.1 Å². The average molecular weight is 431 g/mol. The van der Waals surface area contributed by atoms with Crippen molar-refractivity contribution in [2.24, 2.45) is 17.8 Å². The summed E-state index contributed by atoms with van der Waals surface area (Å²) in [6.45, 7) is 5.39. The number of ether oxygens (including phenoxy) is 2.